The Labute approximate surface area is 149 Å². The number of carbonyl (C=O) groups is 2. The van der Waals surface area contributed by atoms with E-state index in [4.69, 9.17) is 0 Å². The van der Waals surface area contributed by atoms with Gasteiger partial charge in [-0.25, -0.2) is 0 Å². The summed E-state index contributed by atoms with van der Waals surface area (Å²) in [6.45, 7) is 0.182. The van der Waals surface area contributed by atoms with Crippen molar-refractivity contribution in [3.05, 3.63) is 60.2 Å². The third kappa shape index (κ3) is 6.93. The third-order valence-corrected chi connectivity index (χ3v) is 4.05. The SMILES string of the molecule is O=C(Cc1ccccc1)NCCC(=O)Nc1ccccc1SC(F)F. The van der Waals surface area contributed by atoms with E-state index in [1.165, 1.54) is 6.07 Å². The average molecular weight is 364 g/mol. The first-order valence-corrected chi connectivity index (χ1v) is 8.57. The number of rotatable bonds is 8. The second kappa shape index (κ2) is 9.78. The Hall–Kier alpha value is -2.41. The van der Waals surface area contributed by atoms with E-state index in [-0.39, 0.29) is 31.2 Å². The van der Waals surface area contributed by atoms with Crippen molar-refractivity contribution in [2.75, 3.05) is 11.9 Å². The van der Waals surface area contributed by atoms with E-state index in [9.17, 15) is 18.4 Å². The van der Waals surface area contributed by atoms with Gasteiger partial charge in [0.1, 0.15) is 0 Å². The van der Waals surface area contributed by atoms with Gasteiger partial charge in [0.2, 0.25) is 11.8 Å². The van der Waals surface area contributed by atoms with Crippen molar-refractivity contribution in [1.29, 1.82) is 0 Å². The number of hydrogen-bond acceptors (Lipinski definition) is 3. The number of carbonyl (C=O) groups excluding carboxylic acids is 2. The molecular formula is C18H18F2N2O2S. The molecule has 0 aromatic heterocycles. The van der Waals surface area contributed by atoms with E-state index < -0.39 is 5.76 Å². The van der Waals surface area contributed by atoms with Gasteiger partial charge in [0, 0.05) is 17.9 Å². The molecule has 0 aliphatic carbocycles. The lowest BCUT2D eigenvalue weighted by molar-refractivity contribution is -0.120. The fraction of sp³-hybridized carbons (Fsp3) is 0.222. The molecule has 0 atom stereocenters. The zero-order valence-corrected chi connectivity index (χ0v) is 14.2. The maximum atomic E-state index is 12.5. The summed E-state index contributed by atoms with van der Waals surface area (Å²) in [5.41, 5.74) is 1.23. The molecule has 0 aliphatic heterocycles. The Bertz CT molecular complexity index is 711. The molecule has 0 saturated heterocycles. The summed E-state index contributed by atoms with van der Waals surface area (Å²) in [6, 6.07) is 15.7. The second-order valence-corrected chi connectivity index (χ2v) is 6.22. The van der Waals surface area contributed by atoms with Gasteiger partial charge >= 0.3 is 0 Å². The number of anilines is 1. The highest BCUT2D eigenvalue weighted by Gasteiger charge is 2.12. The molecule has 0 radical (unpaired) electrons. The molecule has 0 aliphatic rings. The van der Waals surface area contributed by atoms with Crippen LogP contribution < -0.4 is 10.6 Å². The Morgan fingerprint density at radius 2 is 1.64 bits per heavy atom. The molecular weight excluding hydrogens is 346 g/mol. The van der Waals surface area contributed by atoms with Gasteiger partial charge in [-0.05, 0) is 17.7 Å². The Morgan fingerprint density at radius 3 is 2.36 bits per heavy atom. The van der Waals surface area contributed by atoms with Crippen molar-refractivity contribution in [3.63, 3.8) is 0 Å². The molecule has 0 unspecified atom stereocenters. The Kier molecular flexibility index (Phi) is 7.40. The zero-order valence-electron chi connectivity index (χ0n) is 13.4. The summed E-state index contributed by atoms with van der Waals surface area (Å²) in [5.74, 6) is -3.08. The predicted octanol–water partition coefficient (Wildman–Crippen LogP) is 3.69. The number of para-hydroxylation sites is 1. The van der Waals surface area contributed by atoms with Crippen LogP contribution in [0.5, 0.6) is 0 Å². The highest BCUT2D eigenvalue weighted by Crippen LogP contribution is 2.31. The van der Waals surface area contributed by atoms with Crippen LogP contribution in [0.1, 0.15) is 12.0 Å². The van der Waals surface area contributed by atoms with Gasteiger partial charge in [-0.1, -0.05) is 54.2 Å². The van der Waals surface area contributed by atoms with Gasteiger partial charge in [0.25, 0.3) is 5.76 Å². The minimum atomic E-state index is -2.56. The largest absolute Gasteiger partial charge is 0.355 e. The first-order valence-electron chi connectivity index (χ1n) is 7.69. The third-order valence-electron chi connectivity index (χ3n) is 3.26. The van der Waals surface area contributed by atoms with Crippen molar-refractivity contribution in [2.45, 2.75) is 23.5 Å². The van der Waals surface area contributed by atoms with E-state index in [1.807, 2.05) is 30.3 Å². The molecule has 2 N–H and O–H groups in total. The van der Waals surface area contributed by atoms with Gasteiger partial charge < -0.3 is 10.6 Å². The minimum absolute atomic E-state index is 0.0637. The van der Waals surface area contributed by atoms with Crippen LogP contribution in [-0.2, 0) is 16.0 Å². The molecule has 25 heavy (non-hydrogen) atoms. The van der Waals surface area contributed by atoms with Crippen LogP contribution in [0.2, 0.25) is 0 Å². The lowest BCUT2D eigenvalue weighted by atomic mass is 10.1. The summed E-state index contributed by atoms with van der Waals surface area (Å²) in [6.07, 6.45) is 0.310. The molecule has 7 heteroatoms. The molecule has 2 aromatic carbocycles. The van der Waals surface area contributed by atoms with Crippen LogP contribution >= 0.6 is 11.8 Å². The number of hydrogen-bond donors (Lipinski definition) is 2. The van der Waals surface area contributed by atoms with Crippen molar-refractivity contribution < 1.29 is 18.4 Å². The number of thioether (sulfide) groups is 1. The molecule has 0 bridgehead atoms. The van der Waals surface area contributed by atoms with E-state index in [2.05, 4.69) is 10.6 Å². The monoisotopic (exact) mass is 364 g/mol. The Morgan fingerprint density at radius 1 is 0.960 bits per heavy atom. The first kappa shape index (κ1) is 18.9. The molecule has 0 heterocycles. The number of nitrogens with one attached hydrogen (secondary N) is 2. The molecule has 2 rings (SSSR count). The van der Waals surface area contributed by atoms with E-state index in [1.54, 1.807) is 18.2 Å². The van der Waals surface area contributed by atoms with Crippen LogP contribution in [0.3, 0.4) is 0 Å². The zero-order chi connectivity index (χ0) is 18.1. The fourth-order valence-electron chi connectivity index (χ4n) is 2.14. The molecule has 0 spiro atoms. The van der Waals surface area contributed by atoms with Crippen molar-refractivity contribution in [2.24, 2.45) is 0 Å². The molecule has 0 fully saturated rings. The maximum absolute atomic E-state index is 12.5. The van der Waals surface area contributed by atoms with E-state index in [0.717, 1.165) is 5.56 Å². The Balaban J connectivity index is 1.76. The maximum Gasteiger partial charge on any atom is 0.288 e. The lowest BCUT2D eigenvalue weighted by Crippen LogP contribution is -2.28. The fourth-order valence-corrected chi connectivity index (χ4v) is 2.74. The van der Waals surface area contributed by atoms with Crippen LogP contribution in [0.4, 0.5) is 14.5 Å². The summed E-state index contributed by atoms with van der Waals surface area (Å²) >= 11 is 0.379. The number of benzene rings is 2. The lowest BCUT2D eigenvalue weighted by Gasteiger charge is -2.10. The predicted molar refractivity (Wildman–Crippen MR) is 94.7 cm³/mol. The van der Waals surface area contributed by atoms with Crippen molar-refractivity contribution >= 4 is 29.3 Å². The number of amides is 2. The number of halogens is 2. The van der Waals surface area contributed by atoms with Gasteiger partial charge in [0.15, 0.2) is 0 Å². The van der Waals surface area contributed by atoms with Gasteiger partial charge in [0.05, 0.1) is 12.1 Å². The van der Waals surface area contributed by atoms with E-state index >= 15 is 0 Å². The molecule has 0 saturated carbocycles. The first-order chi connectivity index (χ1) is 12.0. The average Bonchev–Trinajstić information content (AvgIpc) is 2.57. The molecule has 2 amide bonds. The smallest absolute Gasteiger partial charge is 0.288 e. The summed E-state index contributed by atoms with van der Waals surface area (Å²) < 4.78 is 25.0. The normalized spacial score (nSPS) is 10.5. The van der Waals surface area contributed by atoms with Gasteiger partial charge in [-0.15, -0.1) is 0 Å². The molecule has 132 valence electrons. The van der Waals surface area contributed by atoms with Gasteiger partial charge in [-0.2, -0.15) is 8.78 Å². The van der Waals surface area contributed by atoms with Crippen LogP contribution in [0.15, 0.2) is 59.5 Å². The van der Waals surface area contributed by atoms with Crippen molar-refractivity contribution in [3.8, 4) is 0 Å². The van der Waals surface area contributed by atoms with Gasteiger partial charge in [-0.3, -0.25) is 9.59 Å². The number of alkyl halides is 2. The van der Waals surface area contributed by atoms with Crippen LogP contribution in [0, 0.1) is 0 Å². The topological polar surface area (TPSA) is 58.2 Å². The second-order valence-electron chi connectivity index (χ2n) is 5.19. The summed E-state index contributed by atoms with van der Waals surface area (Å²) in [4.78, 5) is 24.0. The summed E-state index contributed by atoms with van der Waals surface area (Å²) in [5, 5.41) is 5.26. The van der Waals surface area contributed by atoms with Crippen LogP contribution in [0.25, 0.3) is 0 Å². The molecule has 4 nitrogen and oxygen atoms in total. The molecule has 2 aromatic rings. The van der Waals surface area contributed by atoms with E-state index in [0.29, 0.717) is 22.3 Å². The highest BCUT2D eigenvalue weighted by atomic mass is 32.2. The van der Waals surface area contributed by atoms with Crippen LogP contribution in [-0.4, -0.2) is 24.1 Å². The highest BCUT2D eigenvalue weighted by molar-refractivity contribution is 7.99. The summed E-state index contributed by atoms with van der Waals surface area (Å²) in [7, 11) is 0. The van der Waals surface area contributed by atoms with Crippen molar-refractivity contribution in [1.82, 2.24) is 5.32 Å². The minimum Gasteiger partial charge on any atom is -0.355 e. The quantitative estimate of drug-likeness (QED) is 0.703. The standard InChI is InChI=1S/C18H18F2N2O2S/c19-18(20)25-15-9-5-4-8-14(15)22-16(23)10-11-21-17(24)12-13-6-2-1-3-7-13/h1-9,18H,10-12H2,(H,21,24)(H,22,23).